The molecule has 3 N–H and O–H groups in total. The van der Waals surface area contributed by atoms with Gasteiger partial charge in [-0.2, -0.15) is 28.9 Å². The predicted octanol–water partition coefficient (Wildman–Crippen LogP) is 9.54. The Morgan fingerprint density at radius 1 is 0.628 bits per heavy atom. The molecule has 0 saturated heterocycles. The topological polar surface area (TPSA) is 164 Å². The molecular formula is C31H27N7O4S. The number of rotatable bonds is 8. The molecule has 216 valence electrons. The second-order valence-electron chi connectivity index (χ2n) is 9.57. The lowest BCUT2D eigenvalue weighted by atomic mass is 10.1. The number of nitrogens with zero attached hydrogens (tertiary/aromatic N) is 6. The van der Waals surface area contributed by atoms with Crippen LogP contribution >= 0.6 is 0 Å². The molecular weight excluding hydrogens is 566 g/mol. The van der Waals surface area contributed by atoms with Crippen molar-refractivity contribution in [2.75, 3.05) is 12.8 Å². The smallest absolute Gasteiger partial charge is 0.294 e. The lowest BCUT2D eigenvalue weighted by Gasteiger charge is -2.08. The Hall–Kier alpha value is -5.33. The minimum atomic E-state index is -4.47. The second kappa shape index (κ2) is 12.3. The van der Waals surface area contributed by atoms with Gasteiger partial charge in [0.15, 0.2) is 0 Å². The fourth-order valence-corrected chi connectivity index (χ4v) is 4.76. The summed E-state index contributed by atoms with van der Waals surface area (Å²) in [6, 6.07) is 25.7. The van der Waals surface area contributed by atoms with E-state index in [1.54, 1.807) is 42.5 Å². The average Bonchev–Trinajstić information content (AvgIpc) is 2.99. The van der Waals surface area contributed by atoms with E-state index in [0.29, 0.717) is 50.6 Å². The molecule has 0 heterocycles. The van der Waals surface area contributed by atoms with Gasteiger partial charge in [0.1, 0.15) is 5.75 Å². The lowest BCUT2D eigenvalue weighted by molar-refractivity contribution is 0.417. The number of hydrogen-bond donors (Lipinski definition) is 2. The average molecular weight is 594 g/mol. The summed E-state index contributed by atoms with van der Waals surface area (Å²) in [4.78, 5) is -0.284. The Kier molecular flexibility index (Phi) is 8.32. The van der Waals surface area contributed by atoms with Crippen molar-refractivity contribution in [2.45, 2.75) is 18.7 Å². The summed E-state index contributed by atoms with van der Waals surface area (Å²) in [5, 5.41) is 27.1. The Bertz CT molecular complexity index is 2030. The van der Waals surface area contributed by atoms with Crippen LogP contribution in [0.5, 0.6) is 5.75 Å². The monoisotopic (exact) mass is 593 g/mol. The van der Waals surface area contributed by atoms with Gasteiger partial charge in [0.2, 0.25) is 0 Å². The van der Waals surface area contributed by atoms with Crippen LogP contribution in [0.2, 0.25) is 0 Å². The highest BCUT2D eigenvalue weighted by Crippen LogP contribution is 2.38. The SMILES string of the molecule is COc1cc(N=Nc2ccc(N=Nc3ccc(N=Nc4ccccc4)c(C)c3)c3cc(S(=O)(=O)O)ccc23)c(C)cc1N. The minimum Gasteiger partial charge on any atom is -0.495 e. The first kappa shape index (κ1) is 29.2. The number of hydrogen-bond acceptors (Lipinski definition) is 10. The summed E-state index contributed by atoms with van der Waals surface area (Å²) in [7, 11) is -2.95. The standard InChI is InChI=1S/C31H27N7O4S/c1-19-15-22(9-12-27(19)35-33-21-7-5-4-6-8-21)34-36-29-14-13-28(24-11-10-23(17-25(24)29)43(39,40)41)37-38-30-18-31(42-3)26(32)16-20(30)2/h4-18H,32H2,1-3H3,(H,39,40,41). The number of methoxy groups -OCH3 is 1. The Morgan fingerprint density at radius 2 is 1.23 bits per heavy atom. The van der Waals surface area contributed by atoms with Crippen molar-refractivity contribution >= 4 is 60.7 Å². The third kappa shape index (κ3) is 6.77. The van der Waals surface area contributed by atoms with Crippen molar-refractivity contribution in [1.82, 2.24) is 0 Å². The molecule has 0 saturated carbocycles. The third-order valence-electron chi connectivity index (χ3n) is 6.54. The highest BCUT2D eigenvalue weighted by Gasteiger charge is 2.14. The first-order chi connectivity index (χ1) is 20.6. The van der Waals surface area contributed by atoms with Gasteiger partial charge in [-0.1, -0.05) is 24.3 Å². The van der Waals surface area contributed by atoms with Gasteiger partial charge in [0, 0.05) is 16.8 Å². The number of aryl methyl sites for hydroxylation is 2. The fraction of sp³-hybridized carbons (Fsp3) is 0.0968. The van der Waals surface area contributed by atoms with Gasteiger partial charge in [-0.3, -0.25) is 4.55 Å². The molecule has 0 bridgehead atoms. The van der Waals surface area contributed by atoms with E-state index in [1.807, 2.05) is 50.2 Å². The maximum atomic E-state index is 11.9. The van der Waals surface area contributed by atoms with Crippen LogP contribution in [-0.4, -0.2) is 20.1 Å². The molecule has 43 heavy (non-hydrogen) atoms. The molecule has 0 spiro atoms. The Balaban J connectivity index is 1.50. The fourth-order valence-electron chi connectivity index (χ4n) is 4.25. The van der Waals surface area contributed by atoms with E-state index in [2.05, 4.69) is 30.7 Å². The van der Waals surface area contributed by atoms with Crippen LogP contribution < -0.4 is 10.5 Å². The molecule has 12 heteroatoms. The summed E-state index contributed by atoms with van der Waals surface area (Å²) in [5.41, 5.74) is 11.5. The number of fused-ring (bicyclic) bond motifs is 1. The molecule has 0 atom stereocenters. The number of anilines is 1. The van der Waals surface area contributed by atoms with E-state index >= 15 is 0 Å². The summed E-state index contributed by atoms with van der Waals surface area (Å²) in [6.07, 6.45) is 0. The van der Waals surface area contributed by atoms with Crippen LogP contribution in [-0.2, 0) is 10.1 Å². The van der Waals surface area contributed by atoms with Crippen molar-refractivity contribution in [3.05, 3.63) is 102 Å². The highest BCUT2D eigenvalue weighted by atomic mass is 32.2. The van der Waals surface area contributed by atoms with Crippen LogP contribution in [0.4, 0.5) is 39.8 Å². The number of ether oxygens (including phenoxy) is 1. The number of nitrogen functional groups attached to an aromatic ring is 1. The maximum absolute atomic E-state index is 11.9. The van der Waals surface area contributed by atoms with Crippen LogP contribution in [0, 0.1) is 13.8 Å². The van der Waals surface area contributed by atoms with E-state index < -0.39 is 10.1 Å². The zero-order valence-corrected chi connectivity index (χ0v) is 24.3. The Morgan fingerprint density at radius 3 is 1.93 bits per heavy atom. The van der Waals surface area contributed by atoms with Crippen LogP contribution in [0.25, 0.3) is 10.8 Å². The van der Waals surface area contributed by atoms with Gasteiger partial charge in [0.25, 0.3) is 10.1 Å². The van der Waals surface area contributed by atoms with E-state index in [9.17, 15) is 13.0 Å². The van der Waals surface area contributed by atoms with Gasteiger partial charge in [-0.05, 0) is 85.6 Å². The molecule has 0 fully saturated rings. The van der Waals surface area contributed by atoms with Crippen molar-refractivity contribution in [3.63, 3.8) is 0 Å². The summed E-state index contributed by atoms with van der Waals surface area (Å²) in [5.74, 6) is 0.473. The quantitative estimate of drug-likeness (QED) is 0.104. The number of benzene rings is 5. The van der Waals surface area contributed by atoms with Crippen LogP contribution in [0.15, 0.2) is 127 Å². The molecule has 5 aromatic rings. The van der Waals surface area contributed by atoms with Gasteiger partial charge >= 0.3 is 0 Å². The van der Waals surface area contributed by atoms with E-state index in [0.717, 1.165) is 16.8 Å². The summed E-state index contributed by atoms with van der Waals surface area (Å²) >= 11 is 0. The molecule has 5 aromatic carbocycles. The molecule has 0 aliphatic carbocycles. The number of azo groups is 3. The molecule has 0 aliphatic rings. The van der Waals surface area contributed by atoms with Gasteiger partial charge in [-0.25, -0.2) is 0 Å². The second-order valence-corrected chi connectivity index (χ2v) is 11.0. The van der Waals surface area contributed by atoms with Crippen LogP contribution in [0.3, 0.4) is 0 Å². The first-order valence-corrected chi connectivity index (χ1v) is 14.5. The molecule has 0 aliphatic heterocycles. The van der Waals surface area contributed by atoms with Crippen LogP contribution in [0.1, 0.15) is 11.1 Å². The molecule has 0 radical (unpaired) electrons. The molecule has 0 unspecified atom stereocenters. The normalized spacial score (nSPS) is 12.2. The van der Waals surface area contributed by atoms with Crippen molar-refractivity contribution < 1.29 is 17.7 Å². The Labute approximate surface area is 248 Å². The largest absolute Gasteiger partial charge is 0.495 e. The number of nitrogens with two attached hydrogens (primary N) is 1. The third-order valence-corrected chi connectivity index (χ3v) is 7.39. The summed E-state index contributed by atoms with van der Waals surface area (Å²) in [6.45, 7) is 3.74. The minimum absolute atomic E-state index is 0.284. The molecule has 5 rings (SSSR count). The first-order valence-electron chi connectivity index (χ1n) is 13.0. The van der Waals surface area contributed by atoms with Gasteiger partial charge < -0.3 is 10.5 Å². The molecule has 0 amide bonds. The van der Waals surface area contributed by atoms with Gasteiger partial charge in [0.05, 0.1) is 51.8 Å². The van der Waals surface area contributed by atoms with E-state index in [4.69, 9.17) is 10.5 Å². The zero-order chi connectivity index (χ0) is 30.6. The molecule has 0 aromatic heterocycles. The van der Waals surface area contributed by atoms with E-state index in [1.165, 1.54) is 19.2 Å². The zero-order valence-electron chi connectivity index (χ0n) is 23.5. The van der Waals surface area contributed by atoms with Crippen molar-refractivity contribution in [2.24, 2.45) is 30.7 Å². The van der Waals surface area contributed by atoms with Gasteiger partial charge in [-0.15, -0.1) is 10.2 Å². The maximum Gasteiger partial charge on any atom is 0.294 e. The predicted molar refractivity (Wildman–Crippen MR) is 166 cm³/mol. The summed E-state index contributed by atoms with van der Waals surface area (Å²) < 4.78 is 38.8. The van der Waals surface area contributed by atoms with Crippen molar-refractivity contribution in [1.29, 1.82) is 0 Å². The lowest BCUT2D eigenvalue weighted by Crippen LogP contribution is -1.97. The molecule has 11 nitrogen and oxygen atoms in total. The van der Waals surface area contributed by atoms with E-state index in [-0.39, 0.29) is 4.90 Å². The highest BCUT2D eigenvalue weighted by molar-refractivity contribution is 7.85. The van der Waals surface area contributed by atoms with Crippen molar-refractivity contribution in [3.8, 4) is 5.75 Å².